The third-order valence-electron chi connectivity index (χ3n) is 5.43. The van der Waals surface area contributed by atoms with Crippen LogP contribution in [0.5, 0.6) is 5.75 Å². The van der Waals surface area contributed by atoms with Gasteiger partial charge in [-0.05, 0) is 42.5 Å². The van der Waals surface area contributed by atoms with E-state index in [1.165, 1.54) is 0 Å². The second-order valence-corrected chi connectivity index (χ2v) is 7.32. The molecular formula is C21H27N5O2. The van der Waals surface area contributed by atoms with Crippen LogP contribution in [0.4, 0.5) is 0 Å². The molecule has 1 aliphatic heterocycles. The van der Waals surface area contributed by atoms with Crippen LogP contribution < -0.4 is 16.0 Å². The number of benzene rings is 1. The van der Waals surface area contributed by atoms with Crippen molar-refractivity contribution in [3.05, 3.63) is 59.2 Å². The van der Waals surface area contributed by atoms with Gasteiger partial charge in [-0.2, -0.15) is 0 Å². The van der Waals surface area contributed by atoms with Gasteiger partial charge in [0.2, 0.25) is 5.96 Å². The molecule has 0 radical (unpaired) electrons. The van der Waals surface area contributed by atoms with Crippen molar-refractivity contribution in [3.63, 3.8) is 0 Å². The summed E-state index contributed by atoms with van der Waals surface area (Å²) in [5.74, 6) is 0.939. The Morgan fingerprint density at radius 1 is 1.07 bits per heavy atom. The van der Waals surface area contributed by atoms with Crippen molar-refractivity contribution in [2.24, 2.45) is 5.73 Å². The summed E-state index contributed by atoms with van der Waals surface area (Å²) in [6, 6.07) is 11.7. The first-order valence-corrected chi connectivity index (χ1v) is 9.83. The highest BCUT2D eigenvalue weighted by molar-refractivity contribution is 5.79. The summed E-state index contributed by atoms with van der Waals surface area (Å²) >= 11 is 0. The molecule has 1 aromatic carbocycles. The van der Waals surface area contributed by atoms with E-state index in [-0.39, 0.29) is 23.6 Å². The summed E-state index contributed by atoms with van der Waals surface area (Å²) in [5, 5.41) is 16.8. The van der Waals surface area contributed by atoms with Gasteiger partial charge in [0.25, 0.3) is 0 Å². The van der Waals surface area contributed by atoms with E-state index in [1.54, 1.807) is 22.9 Å². The lowest BCUT2D eigenvalue weighted by Crippen LogP contribution is -2.41. The van der Waals surface area contributed by atoms with Gasteiger partial charge in [0.05, 0.1) is 12.8 Å². The van der Waals surface area contributed by atoms with E-state index >= 15 is 0 Å². The van der Waals surface area contributed by atoms with Crippen LogP contribution >= 0.6 is 0 Å². The maximum absolute atomic E-state index is 8.56. The molecule has 0 bridgehead atoms. The molecule has 1 fully saturated rings. The highest BCUT2D eigenvalue weighted by Crippen LogP contribution is 2.37. The predicted octanol–water partition coefficient (Wildman–Crippen LogP) is 2.39. The Morgan fingerprint density at radius 2 is 1.89 bits per heavy atom. The van der Waals surface area contributed by atoms with Gasteiger partial charge in [0, 0.05) is 25.7 Å². The Kier molecular flexibility index (Phi) is 5.45. The molecule has 1 aliphatic carbocycles. The minimum absolute atomic E-state index is 0.0510. The molecule has 0 saturated carbocycles. The lowest BCUT2D eigenvalue weighted by Gasteiger charge is -2.30. The van der Waals surface area contributed by atoms with Gasteiger partial charge in [0.15, 0.2) is 0 Å². The molecule has 0 spiro atoms. The molecule has 2 aliphatic rings. The Labute approximate surface area is 164 Å². The Balaban J connectivity index is 1.57. The molecule has 1 unspecified atom stereocenters. The average molecular weight is 381 g/mol. The molecule has 1 saturated heterocycles. The molecule has 28 heavy (non-hydrogen) atoms. The maximum Gasteiger partial charge on any atom is 0.203 e. The van der Waals surface area contributed by atoms with Crippen molar-refractivity contribution in [2.75, 3.05) is 26.3 Å². The van der Waals surface area contributed by atoms with Gasteiger partial charge in [-0.3, -0.25) is 15.4 Å². The zero-order chi connectivity index (χ0) is 19.5. The van der Waals surface area contributed by atoms with Crippen molar-refractivity contribution in [1.29, 1.82) is 10.8 Å². The van der Waals surface area contributed by atoms with E-state index in [4.69, 9.17) is 26.0 Å². The SMILES string of the molecule is N=C(N1CCCOCC1)n1cc(O[C@@H]2CCC(N)c3ccccc32)ccc1=N. The number of aromatic nitrogens is 1. The molecule has 0 amide bonds. The zero-order valence-corrected chi connectivity index (χ0v) is 15.9. The van der Waals surface area contributed by atoms with Gasteiger partial charge in [-0.15, -0.1) is 0 Å². The number of ether oxygens (including phenoxy) is 2. The van der Waals surface area contributed by atoms with Crippen LogP contribution in [0.2, 0.25) is 0 Å². The standard InChI is InChI=1S/C21H27N5O2/c22-18-7-8-19(17-5-2-1-4-16(17)18)28-15-6-9-20(23)26(14-15)21(24)25-10-3-12-27-13-11-25/h1-2,4-6,9,14,18-19,23-24H,3,7-8,10-13,22H2/t18?,19-/m1/s1. The first-order chi connectivity index (χ1) is 13.6. The van der Waals surface area contributed by atoms with Crippen molar-refractivity contribution >= 4 is 5.96 Å². The fourth-order valence-electron chi connectivity index (χ4n) is 3.91. The molecule has 148 valence electrons. The molecule has 4 rings (SSSR count). The smallest absolute Gasteiger partial charge is 0.203 e. The topological polar surface area (TPSA) is 100 Å². The van der Waals surface area contributed by atoms with Gasteiger partial charge in [-0.1, -0.05) is 24.3 Å². The number of fused-ring (bicyclic) bond motifs is 1. The number of pyridine rings is 1. The number of nitrogens with one attached hydrogen (secondary N) is 2. The highest BCUT2D eigenvalue weighted by atomic mass is 16.5. The Hall–Kier alpha value is -2.64. The van der Waals surface area contributed by atoms with E-state index in [0.29, 0.717) is 25.5 Å². The predicted molar refractivity (Wildman–Crippen MR) is 106 cm³/mol. The largest absolute Gasteiger partial charge is 0.484 e. The quantitative estimate of drug-likeness (QED) is 0.549. The first kappa shape index (κ1) is 18.7. The normalized spacial score (nSPS) is 22.2. The van der Waals surface area contributed by atoms with Crippen LogP contribution in [0, 0.1) is 10.8 Å². The average Bonchev–Trinajstić information content (AvgIpc) is 3.01. The van der Waals surface area contributed by atoms with Crippen LogP contribution in [-0.4, -0.2) is 41.7 Å². The minimum Gasteiger partial charge on any atom is -0.484 e. The van der Waals surface area contributed by atoms with Crippen molar-refractivity contribution in [1.82, 2.24) is 9.47 Å². The zero-order valence-electron chi connectivity index (χ0n) is 15.9. The summed E-state index contributed by atoms with van der Waals surface area (Å²) in [7, 11) is 0. The van der Waals surface area contributed by atoms with Crippen LogP contribution in [-0.2, 0) is 4.74 Å². The number of rotatable bonds is 2. The third-order valence-corrected chi connectivity index (χ3v) is 5.43. The van der Waals surface area contributed by atoms with Crippen molar-refractivity contribution in [2.45, 2.75) is 31.4 Å². The van der Waals surface area contributed by atoms with Gasteiger partial charge < -0.3 is 20.1 Å². The Bertz CT molecular complexity index is 902. The van der Waals surface area contributed by atoms with Gasteiger partial charge in [0.1, 0.15) is 17.3 Å². The van der Waals surface area contributed by atoms with Gasteiger partial charge in [-0.25, -0.2) is 0 Å². The second kappa shape index (κ2) is 8.16. The highest BCUT2D eigenvalue weighted by Gasteiger charge is 2.26. The number of nitrogens with zero attached hydrogens (tertiary/aromatic N) is 2. The monoisotopic (exact) mass is 381 g/mol. The lowest BCUT2D eigenvalue weighted by atomic mass is 9.86. The molecule has 2 heterocycles. The summed E-state index contributed by atoms with van der Waals surface area (Å²) < 4.78 is 13.3. The maximum atomic E-state index is 8.56. The molecule has 7 heteroatoms. The fourth-order valence-corrected chi connectivity index (χ4v) is 3.91. The molecular weight excluding hydrogens is 354 g/mol. The number of hydrogen-bond donors (Lipinski definition) is 3. The fraction of sp³-hybridized carbons (Fsp3) is 0.429. The number of nitrogens with two attached hydrogens (primary N) is 1. The van der Waals surface area contributed by atoms with Crippen LogP contribution in [0.1, 0.15) is 42.5 Å². The molecule has 2 aromatic rings. The Morgan fingerprint density at radius 3 is 2.75 bits per heavy atom. The molecule has 7 nitrogen and oxygen atoms in total. The molecule has 4 N–H and O–H groups in total. The van der Waals surface area contributed by atoms with E-state index in [2.05, 4.69) is 12.1 Å². The van der Waals surface area contributed by atoms with Crippen LogP contribution in [0.3, 0.4) is 0 Å². The minimum atomic E-state index is -0.0678. The molecule has 1 aromatic heterocycles. The van der Waals surface area contributed by atoms with E-state index < -0.39 is 0 Å². The van der Waals surface area contributed by atoms with Crippen molar-refractivity contribution in [3.8, 4) is 5.75 Å². The summed E-state index contributed by atoms with van der Waals surface area (Å²) in [6.07, 6.45) is 4.28. The van der Waals surface area contributed by atoms with E-state index in [0.717, 1.165) is 36.9 Å². The summed E-state index contributed by atoms with van der Waals surface area (Å²) in [6.45, 7) is 2.73. The van der Waals surface area contributed by atoms with Crippen LogP contribution in [0.25, 0.3) is 0 Å². The summed E-state index contributed by atoms with van der Waals surface area (Å²) in [4.78, 5) is 1.95. The van der Waals surface area contributed by atoms with E-state index in [1.807, 2.05) is 17.0 Å². The van der Waals surface area contributed by atoms with E-state index in [9.17, 15) is 0 Å². The third kappa shape index (κ3) is 3.81. The second-order valence-electron chi connectivity index (χ2n) is 7.32. The summed E-state index contributed by atoms with van der Waals surface area (Å²) in [5.41, 5.74) is 8.78. The first-order valence-electron chi connectivity index (χ1n) is 9.83. The lowest BCUT2D eigenvalue weighted by molar-refractivity contribution is 0.147. The van der Waals surface area contributed by atoms with Gasteiger partial charge >= 0.3 is 0 Å². The van der Waals surface area contributed by atoms with Crippen LogP contribution in [0.15, 0.2) is 42.6 Å². The number of hydrogen-bond acceptors (Lipinski definition) is 5. The molecule has 2 atom stereocenters. The van der Waals surface area contributed by atoms with Crippen molar-refractivity contribution < 1.29 is 9.47 Å².